The van der Waals surface area contributed by atoms with Crippen LogP contribution < -0.4 is 10.6 Å². The zero-order valence-corrected chi connectivity index (χ0v) is 24.2. The summed E-state index contributed by atoms with van der Waals surface area (Å²) in [5.74, 6) is -3.49. The van der Waals surface area contributed by atoms with E-state index in [0.29, 0.717) is 0 Å². The van der Waals surface area contributed by atoms with Crippen molar-refractivity contribution in [2.75, 3.05) is 13.2 Å². The summed E-state index contributed by atoms with van der Waals surface area (Å²) in [4.78, 5) is 52.5. The molecule has 2 N–H and O–H groups in total. The molecule has 1 heterocycles. The quantitative estimate of drug-likeness (QED) is 0.318. The maximum atomic E-state index is 13.4. The van der Waals surface area contributed by atoms with E-state index in [1.807, 2.05) is 0 Å². The predicted molar refractivity (Wildman–Crippen MR) is 119 cm³/mol. The molecule has 0 radical (unpaired) electrons. The fraction of sp³-hybridized carbons (Fsp3) is 0.783. The maximum Gasteiger partial charge on any atom is 0.408 e. The van der Waals surface area contributed by atoms with Crippen LogP contribution in [0.3, 0.4) is 0 Å². The van der Waals surface area contributed by atoms with Crippen molar-refractivity contribution in [1.82, 2.24) is 15.5 Å². The summed E-state index contributed by atoms with van der Waals surface area (Å²) in [5.41, 5.74) is -3.29. The molecule has 1 aliphatic heterocycles. The fourth-order valence-corrected chi connectivity index (χ4v) is 3.94. The number of hydrogen-bond donors (Lipinski definition) is 2. The number of likely N-dealkylation sites (tertiary alicyclic amines) is 1. The van der Waals surface area contributed by atoms with Gasteiger partial charge in [-0.15, -0.1) is 13.0 Å². The molecule has 200 valence electrons. The van der Waals surface area contributed by atoms with Crippen LogP contribution in [0.4, 0.5) is 13.6 Å². The van der Waals surface area contributed by atoms with Gasteiger partial charge in [0.05, 0.1) is 18.6 Å². The van der Waals surface area contributed by atoms with Crippen molar-refractivity contribution in [1.29, 1.82) is 0 Å². The average Bonchev–Trinajstić information content (AvgIpc) is 3.20. The van der Waals surface area contributed by atoms with Gasteiger partial charge in [-0.1, -0.05) is 20.8 Å². The zero-order chi connectivity index (χ0) is 26.1. The number of halogens is 2. The van der Waals surface area contributed by atoms with E-state index in [1.54, 1.807) is 54.9 Å². The number of esters is 1. The minimum absolute atomic E-state index is 0. The number of alkyl halides is 2. The summed E-state index contributed by atoms with van der Waals surface area (Å²) in [6.45, 7) is 12.0. The maximum absolute atomic E-state index is 13.4. The molecule has 0 aromatic rings. The summed E-state index contributed by atoms with van der Waals surface area (Å²) in [5, 5.41) is 5.04. The van der Waals surface area contributed by atoms with Crippen LogP contribution in [-0.4, -0.2) is 71.6 Å². The molecule has 1 unspecified atom stereocenters. The second-order valence-electron chi connectivity index (χ2n) is 10.8. The molecule has 0 aromatic carbocycles. The van der Waals surface area contributed by atoms with E-state index in [0.717, 1.165) is 0 Å². The SMILES string of the molecule is CCOC(=O)[C@@]1(NC(=O)[C@@H]2C[CH-]CN2C(=O)[C@@H](NC(=O)OC(C)(C)C)C(C)(C)C)CC1C(F)F.[W]. The van der Waals surface area contributed by atoms with Crippen LogP contribution in [0.25, 0.3) is 0 Å². The summed E-state index contributed by atoms with van der Waals surface area (Å²) in [6.07, 6.45) is -1.92. The number of alkyl carbamates (subject to hydrolysis) is 1. The van der Waals surface area contributed by atoms with Crippen molar-refractivity contribution >= 4 is 23.9 Å². The fourth-order valence-electron chi connectivity index (χ4n) is 3.94. The van der Waals surface area contributed by atoms with Gasteiger partial charge in [0.2, 0.25) is 18.2 Å². The van der Waals surface area contributed by atoms with Crippen LogP contribution >= 0.6 is 0 Å². The summed E-state index contributed by atoms with van der Waals surface area (Å²) in [7, 11) is 0. The van der Waals surface area contributed by atoms with E-state index in [4.69, 9.17) is 9.47 Å². The zero-order valence-electron chi connectivity index (χ0n) is 21.3. The first-order valence-corrected chi connectivity index (χ1v) is 11.4. The monoisotopic (exact) mass is 672 g/mol. The molecule has 0 bridgehead atoms. The second kappa shape index (κ2) is 11.5. The van der Waals surface area contributed by atoms with Crippen molar-refractivity contribution in [2.24, 2.45) is 11.3 Å². The Morgan fingerprint density at radius 3 is 2.20 bits per heavy atom. The smallest absolute Gasteiger partial charge is 0.408 e. The number of carbonyl (C=O) groups excluding carboxylic acids is 4. The molecule has 4 atom stereocenters. The topological polar surface area (TPSA) is 114 Å². The van der Waals surface area contributed by atoms with E-state index in [1.165, 1.54) is 4.90 Å². The Hall–Kier alpha value is -1.77. The Morgan fingerprint density at radius 2 is 1.74 bits per heavy atom. The molecule has 1 aliphatic carbocycles. The first-order valence-electron chi connectivity index (χ1n) is 11.4. The molecular weight excluding hydrogens is 636 g/mol. The van der Waals surface area contributed by atoms with Crippen LogP contribution in [0.1, 0.15) is 61.3 Å². The molecule has 0 aromatic heterocycles. The number of ether oxygens (including phenoxy) is 2. The van der Waals surface area contributed by atoms with Crippen LogP contribution in [0, 0.1) is 17.8 Å². The molecule has 1 saturated heterocycles. The first kappa shape index (κ1) is 31.3. The normalized spacial score (nSPS) is 24.8. The Balaban J connectivity index is 0.00000612. The first-order chi connectivity index (χ1) is 15.5. The average molecular weight is 672 g/mol. The van der Waals surface area contributed by atoms with Gasteiger partial charge in [0.1, 0.15) is 17.2 Å². The summed E-state index contributed by atoms with van der Waals surface area (Å²) in [6, 6.07) is -2.03. The molecular formula is C23H36F2N3O6W-. The molecule has 35 heavy (non-hydrogen) atoms. The molecule has 3 amide bonds. The number of hydrogen-bond acceptors (Lipinski definition) is 6. The predicted octanol–water partition coefficient (Wildman–Crippen LogP) is 2.43. The van der Waals surface area contributed by atoms with Crippen LogP contribution in [0.15, 0.2) is 0 Å². The van der Waals surface area contributed by atoms with Crippen LogP contribution in [-0.2, 0) is 44.9 Å². The molecule has 9 nitrogen and oxygen atoms in total. The van der Waals surface area contributed by atoms with Crippen molar-refractivity contribution in [2.45, 2.75) is 91.0 Å². The Bertz CT molecular complexity index is 814. The molecule has 2 aliphatic rings. The number of carbonyl (C=O) groups is 4. The van der Waals surface area contributed by atoms with E-state index >= 15 is 0 Å². The Morgan fingerprint density at radius 1 is 1.14 bits per heavy atom. The van der Waals surface area contributed by atoms with E-state index in [9.17, 15) is 28.0 Å². The molecule has 1 saturated carbocycles. The largest absolute Gasteiger partial charge is 0.464 e. The molecule has 2 fully saturated rings. The van der Waals surface area contributed by atoms with Gasteiger partial charge < -0.3 is 31.4 Å². The van der Waals surface area contributed by atoms with Gasteiger partial charge in [-0.3, -0.25) is 9.59 Å². The third-order valence-corrected chi connectivity index (χ3v) is 5.76. The van der Waals surface area contributed by atoms with Gasteiger partial charge in [-0.2, -0.15) is 0 Å². The van der Waals surface area contributed by atoms with Crippen molar-refractivity contribution in [3.63, 3.8) is 0 Å². The molecule has 0 spiro atoms. The van der Waals surface area contributed by atoms with E-state index < -0.39 is 64.9 Å². The van der Waals surface area contributed by atoms with Gasteiger partial charge in [-0.05, 0) is 39.5 Å². The third-order valence-electron chi connectivity index (χ3n) is 5.76. The van der Waals surface area contributed by atoms with E-state index in [-0.39, 0.29) is 47.1 Å². The molecule has 2 rings (SSSR count). The number of nitrogens with zero attached hydrogens (tertiary/aromatic N) is 1. The standard InChI is InChI=1S/C23H36F2N3O6.W/c1-8-33-19(31)23(12-13(23)16(24)25)27-17(29)14-10-9-11-28(14)18(30)15(21(2,3)4)26-20(32)34-22(5,6)7;/h9,13-16H,8,10-12H2,1-7H3,(H,26,32)(H,27,29);/q-1;/t13?,14-,15+,23+;/m0./s1. The van der Waals surface area contributed by atoms with Gasteiger partial charge in [0.25, 0.3) is 0 Å². The summed E-state index contributed by atoms with van der Waals surface area (Å²) < 4.78 is 36.9. The van der Waals surface area contributed by atoms with Crippen molar-refractivity contribution < 1.29 is 58.5 Å². The second-order valence-corrected chi connectivity index (χ2v) is 10.8. The van der Waals surface area contributed by atoms with Gasteiger partial charge in [0, 0.05) is 21.1 Å². The van der Waals surface area contributed by atoms with Crippen LogP contribution in [0.5, 0.6) is 0 Å². The van der Waals surface area contributed by atoms with Gasteiger partial charge >= 0.3 is 12.1 Å². The minimum atomic E-state index is -2.80. The third kappa shape index (κ3) is 7.60. The van der Waals surface area contributed by atoms with Gasteiger partial charge in [0.15, 0.2) is 0 Å². The Labute approximate surface area is 219 Å². The van der Waals surface area contributed by atoms with Crippen molar-refractivity contribution in [3.8, 4) is 0 Å². The number of amides is 3. The van der Waals surface area contributed by atoms with Crippen LogP contribution in [0.2, 0.25) is 0 Å². The van der Waals surface area contributed by atoms with Crippen molar-refractivity contribution in [3.05, 3.63) is 6.42 Å². The number of rotatable bonds is 7. The Kier molecular flexibility index (Phi) is 10.3. The summed E-state index contributed by atoms with van der Waals surface area (Å²) >= 11 is 0. The molecule has 12 heteroatoms. The number of nitrogens with one attached hydrogen (secondary N) is 2. The minimum Gasteiger partial charge on any atom is -0.464 e. The van der Waals surface area contributed by atoms with E-state index in [2.05, 4.69) is 10.6 Å². The van der Waals surface area contributed by atoms with Gasteiger partial charge in [-0.25, -0.2) is 18.4 Å².